The fraction of sp³-hybridized carbons (Fsp3) is 0.143. The van der Waals surface area contributed by atoms with Gasteiger partial charge in [0.25, 0.3) is 0 Å². The molecule has 0 radical (unpaired) electrons. The zero-order valence-electron chi connectivity index (χ0n) is 14.8. The summed E-state index contributed by atoms with van der Waals surface area (Å²) in [7, 11) is -10.7. The maximum absolute atomic E-state index is 10.7. The number of aromatic nitrogens is 2. The minimum atomic E-state index is -10.7. The second-order valence-corrected chi connectivity index (χ2v) is 6.46. The van der Waals surface area contributed by atoms with E-state index >= 15 is 0 Å². The van der Waals surface area contributed by atoms with Gasteiger partial charge in [0.15, 0.2) is 0 Å². The maximum Gasteiger partial charge on any atom is 3.00 e. The number of rotatable bonds is 3. The molecule has 2 aromatic rings. The van der Waals surface area contributed by atoms with E-state index < -0.39 is 19.7 Å². The Kier molecular flexibility index (Phi) is 14.1. The van der Waals surface area contributed by atoms with Gasteiger partial charge in [-0.3, -0.25) is 9.97 Å². The van der Waals surface area contributed by atoms with Gasteiger partial charge in [0.1, 0.15) is 0 Å². The molecule has 0 amide bonds. The number of aliphatic carboxylic acids is 2. The van der Waals surface area contributed by atoms with Crippen molar-refractivity contribution >= 4 is 19.7 Å². The van der Waals surface area contributed by atoms with Crippen LogP contribution in [-0.4, -0.2) is 35.0 Å². The van der Waals surface area contributed by atoms with Gasteiger partial charge in [-0.15, -0.1) is 0 Å². The summed E-state index contributed by atoms with van der Waals surface area (Å²) in [5.41, 5.74) is 10.8. The Morgan fingerprint density at radius 2 is 1.00 bits per heavy atom. The molecule has 2 rings (SSSR count). The van der Waals surface area contributed by atoms with Gasteiger partial charge in [-0.05, 0) is 24.3 Å². The van der Waals surface area contributed by atoms with Gasteiger partial charge >= 0.3 is 49.8 Å². The molecule has 0 unspecified atom stereocenters. The van der Waals surface area contributed by atoms with Crippen molar-refractivity contribution in [2.75, 3.05) is 13.1 Å². The molecule has 0 bridgehead atoms. The van der Waals surface area contributed by atoms with E-state index in [2.05, 4.69) is 21.4 Å². The van der Waals surface area contributed by atoms with E-state index in [-0.39, 0.29) is 29.9 Å². The number of carbonyl (C=O) groups is 2. The van der Waals surface area contributed by atoms with Crippen molar-refractivity contribution in [3.8, 4) is 11.4 Å². The van der Waals surface area contributed by atoms with Crippen molar-refractivity contribution in [1.29, 1.82) is 0 Å². The number of carbonyl (C=O) groups excluding carboxylic acids is 2. The summed E-state index contributed by atoms with van der Waals surface area (Å²) < 4.78 is 59.2. The number of carboxylic acid groups (broad SMARTS) is 2. The summed E-state index contributed by atoms with van der Waals surface area (Å²) >= 11 is 0. The van der Waals surface area contributed by atoms with Gasteiger partial charge in [-0.1, -0.05) is 12.1 Å². The standard InChI is InChI=1S/C10H8N2.2C2H5NO2.Co.F6P/c1-3-7-11-9(5-1)10-6-2-4-8-12-10;2*3-1-2(4)5;;1-7(2,3,4,5)6/h1-8H;2*1,3H2,(H,4,5);;/q;;;+3;-1/p-2. The van der Waals surface area contributed by atoms with Gasteiger partial charge in [0.05, 0.1) is 23.3 Å². The van der Waals surface area contributed by atoms with Gasteiger partial charge < -0.3 is 31.3 Å². The molecule has 0 fully saturated rings. The van der Waals surface area contributed by atoms with E-state index in [1.807, 2.05) is 36.4 Å². The summed E-state index contributed by atoms with van der Waals surface area (Å²) in [5, 5.41) is 18.3. The number of nitrogens with zero attached hydrogens (tertiary/aromatic N) is 2. The van der Waals surface area contributed by atoms with Gasteiger partial charge in [0.2, 0.25) is 0 Å². The molecular weight excluding hydrogens is 492 g/mol. The molecule has 0 aliphatic rings. The van der Waals surface area contributed by atoms with Crippen molar-refractivity contribution in [1.82, 2.24) is 9.97 Å². The summed E-state index contributed by atoms with van der Waals surface area (Å²) in [6, 6.07) is 11.6. The largest absolute Gasteiger partial charge is 3.00 e. The maximum atomic E-state index is 9.87. The minimum Gasteiger partial charge on any atom is -0.549 e. The second-order valence-electron chi connectivity index (χ2n) is 4.54. The van der Waals surface area contributed by atoms with Crippen LogP contribution in [0.15, 0.2) is 48.8 Å². The van der Waals surface area contributed by atoms with E-state index in [4.69, 9.17) is 19.8 Å². The molecule has 0 spiro atoms. The summed E-state index contributed by atoms with van der Waals surface area (Å²) in [6.07, 6.45) is 3.54. The summed E-state index contributed by atoms with van der Waals surface area (Å²) in [5.74, 6) is -2.44. The Balaban J connectivity index is -0.000000352. The number of hydrogen-bond acceptors (Lipinski definition) is 8. The van der Waals surface area contributed by atoms with Crippen molar-refractivity contribution in [3.05, 3.63) is 48.8 Å². The Bertz CT molecular complexity index is 692. The number of nitrogens with two attached hydrogens (primary N) is 2. The quantitative estimate of drug-likeness (QED) is 0.458. The Labute approximate surface area is 176 Å². The molecule has 2 aromatic heterocycles. The minimum absolute atomic E-state index is 0. The van der Waals surface area contributed by atoms with Crippen LogP contribution in [0.1, 0.15) is 0 Å². The van der Waals surface area contributed by atoms with E-state index in [0.717, 1.165) is 11.4 Å². The average Bonchev–Trinajstić information content (AvgIpc) is 2.61. The fourth-order valence-electron chi connectivity index (χ4n) is 1.03. The second kappa shape index (κ2) is 13.1. The first-order valence-electron chi connectivity index (χ1n) is 7.15. The molecule has 4 N–H and O–H groups in total. The van der Waals surface area contributed by atoms with Gasteiger partial charge in [0, 0.05) is 25.5 Å². The van der Waals surface area contributed by atoms with Crippen LogP contribution in [0.3, 0.4) is 0 Å². The van der Waals surface area contributed by atoms with Crippen LogP contribution in [0.4, 0.5) is 25.2 Å². The number of halogens is 6. The van der Waals surface area contributed by atoms with Gasteiger partial charge in [-0.2, -0.15) is 0 Å². The number of carboxylic acids is 2. The van der Waals surface area contributed by atoms with E-state index in [9.17, 15) is 25.2 Å². The van der Waals surface area contributed by atoms with Crippen LogP contribution in [0, 0.1) is 0 Å². The first-order chi connectivity index (χ1) is 13.0. The van der Waals surface area contributed by atoms with Crippen LogP contribution in [0.5, 0.6) is 0 Å². The molecule has 0 saturated carbocycles. The molecular formula is C14H16CoF6N4O4P. The van der Waals surface area contributed by atoms with Crippen LogP contribution in [0.2, 0.25) is 0 Å². The molecule has 30 heavy (non-hydrogen) atoms. The Hall–Kier alpha value is -2.32. The van der Waals surface area contributed by atoms with Crippen molar-refractivity contribution < 1.29 is 61.8 Å². The summed E-state index contributed by atoms with van der Waals surface area (Å²) in [4.78, 5) is 26.6. The third kappa shape index (κ3) is 33.3. The van der Waals surface area contributed by atoms with Crippen molar-refractivity contribution in [3.63, 3.8) is 0 Å². The predicted molar refractivity (Wildman–Crippen MR) is 89.2 cm³/mol. The zero-order valence-corrected chi connectivity index (χ0v) is 16.7. The number of hydrogen-bond donors (Lipinski definition) is 2. The van der Waals surface area contributed by atoms with Crippen molar-refractivity contribution in [2.45, 2.75) is 0 Å². The zero-order chi connectivity index (χ0) is 23.2. The smallest absolute Gasteiger partial charge is 0.549 e. The van der Waals surface area contributed by atoms with Gasteiger partial charge in [-0.25, -0.2) is 0 Å². The Morgan fingerprint density at radius 3 is 1.13 bits per heavy atom. The molecule has 2 heterocycles. The van der Waals surface area contributed by atoms with E-state index in [0.29, 0.717) is 0 Å². The van der Waals surface area contributed by atoms with Crippen molar-refractivity contribution in [2.24, 2.45) is 11.5 Å². The fourth-order valence-corrected chi connectivity index (χ4v) is 1.03. The first-order valence-corrected chi connectivity index (χ1v) is 9.17. The average molecular weight is 508 g/mol. The van der Waals surface area contributed by atoms with Crippen LogP contribution >= 0.6 is 7.81 Å². The van der Waals surface area contributed by atoms with E-state index in [1.165, 1.54) is 0 Å². The third-order valence-electron chi connectivity index (χ3n) is 1.93. The monoisotopic (exact) mass is 508 g/mol. The van der Waals surface area contributed by atoms with Crippen LogP contribution in [-0.2, 0) is 26.4 Å². The molecule has 0 saturated heterocycles. The summed E-state index contributed by atoms with van der Waals surface area (Å²) in [6.45, 7) is -0.778. The molecule has 0 aliphatic heterocycles. The molecule has 0 aromatic carbocycles. The number of pyridine rings is 2. The topological polar surface area (TPSA) is 158 Å². The SMILES string of the molecule is F[P-](F)(F)(F)(F)F.NCC(=O)[O-].NCC(=O)[O-].[Co+3].c1ccc(-c2ccccn2)nc1. The molecule has 8 nitrogen and oxygen atoms in total. The van der Waals surface area contributed by atoms with E-state index in [1.54, 1.807) is 12.4 Å². The normalized spacial score (nSPS) is 11.7. The Morgan fingerprint density at radius 1 is 0.767 bits per heavy atom. The third-order valence-corrected chi connectivity index (χ3v) is 1.93. The molecule has 0 aliphatic carbocycles. The van der Waals surface area contributed by atoms with Crippen LogP contribution in [0.25, 0.3) is 11.4 Å². The molecule has 0 atom stereocenters. The molecule has 16 heteroatoms. The first kappa shape index (κ1) is 32.3. The predicted octanol–water partition coefficient (Wildman–Crippen LogP) is 0.913. The van der Waals surface area contributed by atoms with Crippen LogP contribution < -0.4 is 21.7 Å². The molecule has 172 valence electrons.